The summed E-state index contributed by atoms with van der Waals surface area (Å²) in [7, 11) is 0. The van der Waals surface area contributed by atoms with E-state index < -0.39 is 0 Å². The number of aryl methyl sites for hydroxylation is 1. The predicted molar refractivity (Wildman–Crippen MR) is 52.6 cm³/mol. The molecule has 13 heavy (non-hydrogen) atoms. The fourth-order valence-corrected chi connectivity index (χ4v) is 2.21. The molecular formula is C10H17N3. The number of aromatic nitrogens is 2. The largest absolute Gasteiger partial charge is 0.334 e. The molecule has 0 spiro atoms. The number of fused-ring (bicyclic) bond motifs is 1. The lowest BCUT2D eigenvalue weighted by molar-refractivity contribution is 0.471. The highest BCUT2D eigenvalue weighted by atomic mass is 15.1. The lowest BCUT2D eigenvalue weighted by Crippen LogP contribution is -2.15. The summed E-state index contributed by atoms with van der Waals surface area (Å²) in [6.45, 7) is 4.13. The molecule has 0 saturated heterocycles. The third kappa shape index (κ3) is 1.48. The van der Waals surface area contributed by atoms with E-state index in [1.54, 1.807) is 0 Å². The Hall–Kier alpha value is -0.830. The third-order valence-corrected chi connectivity index (χ3v) is 2.84. The lowest BCUT2D eigenvalue weighted by Gasteiger charge is -2.21. The van der Waals surface area contributed by atoms with Crippen LogP contribution in [0.1, 0.15) is 37.1 Å². The van der Waals surface area contributed by atoms with Crippen molar-refractivity contribution in [3.8, 4) is 0 Å². The summed E-state index contributed by atoms with van der Waals surface area (Å²) in [5.74, 6) is 0.665. The van der Waals surface area contributed by atoms with Gasteiger partial charge in [-0.25, -0.2) is 4.98 Å². The Labute approximate surface area is 79.0 Å². The number of hydrogen-bond donors (Lipinski definition) is 1. The van der Waals surface area contributed by atoms with E-state index in [0.29, 0.717) is 12.5 Å². The molecule has 0 bridgehead atoms. The zero-order chi connectivity index (χ0) is 9.26. The first-order chi connectivity index (χ1) is 6.33. The minimum atomic E-state index is 0.665. The predicted octanol–water partition coefficient (Wildman–Crippen LogP) is 1.28. The van der Waals surface area contributed by atoms with Crippen LogP contribution in [0.15, 0.2) is 6.33 Å². The molecule has 2 N–H and O–H groups in total. The monoisotopic (exact) mass is 179 g/mol. The summed E-state index contributed by atoms with van der Waals surface area (Å²) in [5.41, 5.74) is 8.19. The van der Waals surface area contributed by atoms with Gasteiger partial charge in [-0.3, -0.25) is 0 Å². The summed E-state index contributed by atoms with van der Waals surface area (Å²) in [4.78, 5) is 4.42. The van der Waals surface area contributed by atoms with Crippen LogP contribution in [0.5, 0.6) is 0 Å². The SMILES string of the molecule is CC1CCCn2cnc(CCN)c21. The van der Waals surface area contributed by atoms with E-state index in [-0.39, 0.29) is 0 Å². The highest BCUT2D eigenvalue weighted by Crippen LogP contribution is 2.28. The Morgan fingerprint density at radius 3 is 3.31 bits per heavy atom. The van der Waals surface area contributed by atoms with Gasteiger partial charge in [-0.15, -0.1) is 0 Å². The quantitative estimate of drug-likeness (QED) is 0.743. The molecule has 0 fully saturated rings. The molecule has 2 heterocycles. The van der Waals surface area contributed by atoms with Gasteiger partial charge in [0.2, 0.25) is 0 Å². The van der Waals surface area contributed by atoms with Crippen molar-refractivity contribution < 1.29 is 0 Å². The standard InChI is InChI=1S/C10H17N3/c1-8-3-2-6-13-7-12-9(4-5-11)10(8)13/h7-8H,2-6,11H2,1H3. The van der Waals surface area contributed by atoms with Crippen molar-refractivity contribution in [2.75, 3.05) is 6.54 Å². The molecule has 1 atom stereocenters. The normalized spacial score (nSPS) is 21.5. The second-order valence-electron chi connectivity index (χ2n) is 3.85. The molecule has 3 heteroatoms. The van der Waals surface area contributed by atoms with Crippen molar-refractivity contribution >= 4 is 0 Å². The summed E-state index contributed by atoms with van der Waals surface area (Å²) >= 11 is 0. The van der Waals surface area contributed by atoms with Crippen molar-refractivity contribution in [1.29, 1.82) is 0 Å². The molecule has 0 aliphatic carbocycles. The van der Waals surface area contributed by atoms with Gasteiger partial charge in [0.15, 0.2) is 0 Å². The Balaban J connectivity index is 2.32. The molecular weight excluding hydrogens is 162 g/mol. The fraction of sp³-hybridized carbons (Fsp3) is 0.700. The Morgan fingerprint density at radius 1 is 1.69 bits per heavy atom. The first kappa shape index (κ1) is 8.75. The highest BCUT2D eigenvalue weighted by molar-refractivity contribution is 5.19. The average Bonchev–Trinajstić information content (AvgIpc) is 2.51. The summed E-state index contributed by atoms with van der Waals surface area (Å²) in [5, 5.41) is 0. The Kier molecular flexibility index (Phi) is 2.36. The van der Waals surface area contributed by atoms with Crippen LogP contribution in [0.25, 0.3) is 0 Å². The van der Waals surface area contributed by atoms with Crippen molar-refractivity contribution in [2.45, 2.75) is 38.6 Å². The van der Waals surface area contributed by atoms with Crippen LogP contribution in [0, 0.1) is 0 Å². The van der Waals surface area contributed by atoms with E-state index >= 15 is 0 Å². The van der Waals surface area contributed by atoms with E-state index in [0.717, 1.165) is 13.0 Å². The van der Waals surface area contributed by atoms with Gasteiger partial charge in [0.25, 0.3) is 0 Å². The summed E-state index contributed by atoms with van der Waals surface area (Å²) in [6, 6.07) is 0. The van der Waals surface area contributed by atoms with Crippen LogP contribution < -0.4 is 5.73 Å². The second kappa shape index (κ2) is 3.50. The van der Waals surface area contributed by atoms with Gasteiger partial charge in [-0.2, -0.15) is 0 Å². The van der Waals surface area contributed by atoms with Gasteiger partial charge >= 0.3 is 0 Å². The summed E-state index contributed by atoms with van der Waals surface area (Å²) in [6.07, 6.45) is 5.47. The molecule has 2 rings (SSSR count). The van der Waals surface area contributed by atoms with E-state index in [1.807, 2.05) is 6.33 Å². The van der Waals surface area contributed by atoms with Crippen LogP contribution >= 0.6 is 0 Å². The molecule has 72 valence electrons. The van der Waals surface area contributed by atoms with E-state index in [2.05, 4.69) is 16.5 Å². The zero-order valence-electron chi connectivity index (χ0n) is 8.16. The molecule has 0 amide bonds. The van der Waals surface area contributed by atoms with E-state index in [4.69, 9.17) is 5.73 Å². The van der Waals surface area contributed by atoms with Gasteiger partial charge < -0.3 is 10.3 Å². The summed E-state index contributed by atoms with van der Waals surface area (Å²) < 4.78 is 2.29. The number of nitrogens with two attached hydrogens (primary N) is 1. The van der Waals surface area contributed by atoms with Crippen LogP contribution in [-0.4, -0.2) is 16.1 Å². The van der Waals surface area contributed by atoms with Crippen molar-refractivity contribution in [3.63, 3.8) is 0 Å². The average molecular weight is 179 g/mol. The third-order valence-electron chi connectivity index (χ3n) is 2.84. The van der Waals surface area contributed by atoms with Crippen molar-refractivity contribution in [2.24, 2.45) is 5.73 Å². The van der Waals surface area contributed by atoms with Crippen molar-refractivity contribution in [3.05, 3.63) is 17.7 Å². The molecule has 1 unspecified atom stereocenters. The van der Waals surface area contributed by atoms with Gasteiger partial charge in [0, 0.05) is 18.7 Å². The minimum Gasteiger partial charge on any atom is -0.334 e. The molecule has 0 radical (unpaired) electrons. The minimum absolute atomic E-state index is 0.665. The van der Waals surface area contributed by atoms with Crippen LogP contribution in [0.2, 0.25) is 0 Å². The van der Waals surface area contributed by atoms with Crippen LogP contribution in [-0.2, 0) is 13.0 Å². The van der Waals surface area contributed by atoms with Crippen LogP contribution in [0.4, 0.5) is 0 Å². The van der Waals surface area contributed by atoms with E-state index in [1.165, 1.54) is 24.2 Å². The first-order valence-electron chi connectivity index (χ1n) is 5.07. The lowest BCUT2D eigenvalue weighted by atomic mass is 9.96. The first-order valence-corrected chi connectivity index (χ1v) is 5.07. The molecule has 1 aliphatic rings. The van der Waals surface area contributed by atoms with Gasteiger partial charge in [-0.1, -0.05) is 6.92 Å². The smallest absolute Gasteiger partial charge is 0.0951 e. The second-order valence-corrected chi connectivity index (χ2v) is 3.85. The molecule has 0 saturated carbocycles. The topological polar surface area (TPSA) is 43.8 Å². The van der Waals surface area contributed by atoms with E-state index in [9.17, 15) is 0 Å². The number of imidazole rings is 1. The maximum Gasteiger partial charge on any atom is 0.0951 e. The molecule has 1 aromatic heterocycles. The number of hydrogen-bond acceptors (Lipinski definition) is 2. The van der Waals surface area contributed by atoms with Gasteiger partial charge in [-0.05, 0) is 25.3 Å². The Morgan fingerprint density at radius 2 is 2.54 bits per heavy atom. The molecule has 0 aromatic carbocycles. The molecule has 1 aromatic rings. The van der Waals surface area contributed by atoms with Gasteiger partial charge in [0.1, 0.15) is 0 Å². The number of rotatable bonds is 2. The molecule has 3 nitrogen and oxygen atoms in total. The maximum absolute atomic E-state index is 5.55. The molecule has 1 aliphatic heterocycles. The van der Waals surface area contributed by atoms with Crippen LogP contribution in [0.3, 0.4) is 0 Å². The number of nitrogens with zero attached hydrogens (tertiary/aromatic N) is 2. The fourth-order valence-electron chi connectivity index (χ4n) is 2.21. The zero-order valence-corrected chi connectivity index (χ0v) is 8.16. The van der Waals surface area contributed by atoms with Crippen molar-refractivity contribution in [1.82, 2.24) is 9.55 Å². The highest BCUT2D eigenvalue weighted by Gasteiger charge is 2.20. The maximum atomic E-state index is 5.55. The van der Waals surface area contributed by atoms with Gasteiger partial charge in [0.05, 0.1) is 12.0 Å². The Bertz CT molecular complexity index is 290.